The molecule has 0 fully saturated rings. The highest BCUT2D eigenvalue weighted by atomic mass is 127. The van der Waals surface area contributed by atoms with E-state index in [-0.39, 0.29) is 10.6 Å². The first-order valence-corrected chi connectivity index (χ1v) is 9.69. The summed E-state index contributed by atoms with van der Waals surface area (Å²) in [6.07, 6.45) is 1.51. The normalized spacial score (nSPS) is 11.0. The number of rotatable bonds is 4. The molecule has 25 heavy (non-hydrogen) atoms. The minimum absolute atomic E-state index is 0.0483. The highest BCUT2D eigenvalue weighted by Crippen LogP contribution is 2.31. The maximum atomic E-state index is 12.4. The summed E-state index contributed by atoms with van der Waals surface area (Å²) in [5.74, 6) is 0.194. The van der Waals surface area contributed by atoms with Crippen LogP contribution in [0.1, 0.15) is 5.56 Å². The Hall–Kier alpha value is -1.02. The van der Waals surface area contributed by atoms with Crippen molar-refractivity contribution in [2.24, 2.45) is 0 Å². The fourth-order valence-corrected chi connectivity index (χ4v) is 4.57. The number of hydrogen-bond donors (Lipinski definition) is 1. The summed E-state index contributed by atoms with van der Waals surface area (Å²) in [5.41, 5.74) is 1.02. The molecule has 0 atom stereocenters. The van der Waals surface area contributed by atoms with Crippen molar-refractivity contribution in [3.05, 3.63) is 58.7 Å². The first-order valence-electron chi connectivity index (χ1n) is 6.77. The zero-order chi connectivity index (χ0) is 18.6. The minimum Gasteiger partial charge on any atom is -0.495 e. The van der Waals surface area contributed by atoms with Crippen LogP contribution in [-0.2, 0) is 4.79 Å². The molecule has 0 aromatic heterocycles. The van der Waals surface area contributed by atoms with Crippen molar-refractivity contribution in [3.63, 3.8) is 0 Å². The van der Waals surface area contributed by atoms with Crippen LogP contribution >= 0.6 is 68.4 Å². The number of carbonyl (C=O) groups is 1. The summed E-state index contributed by atoms with van der Waals surface area (Å²) in [4.78, 5) is 12.4. The van der Waals surface area contributed by atoms with Crippen molar-refractivity contribution in [1.29, 1.82) is 5.26 Å². The van der Waals surface area contributed by atoms with Gasteiger partial charge in [0.1, 0.15) is 17.4 Å². The van der Waals surface area contributed by atoms with Crippen molar-refractivity contribution >= 4 is 86.1 Å². The third-order valence-corrected chi connectivity index (χ3v) is 5.52. The number of amides is 1. The van der Waals surface area contributed by atoms with Crippen LogP contribution in [0, 0.1) is 18.5 Å². The average Bonchev–Trinajstić information content (AvgIpc) is 2.56. The molecule has 0 aliphatic rings. The van der Waals surface area contributed by atoms with E-state index in [0.717, 1.165) is 18.5 Å². The first kappa shape index (κ1) is 20.3. The Balaban J connectivity index is 2.33. The Morgan fingerprint density at radius 1 is 1.28 bits per heavy atom. The van der Waals surface area contributed by atoms with Crippen LogP contribution < -0.4 is 10.1 Å². The SMILES string of the molecule is COc1c(I)cc(/C=C(/C#N)C(=O)Nc2cccc(Cl)c2Cl)cc1I. The number of nitrogens with zero attached hydrogens (tertiary/aromatic N) is 1. The van der Waals surface area contributed by atoms with Gasteiger partial charge in [0.25, 0.3) is 5.91 Å². The van der Waals surface area contributed by atoms with Gasteiger partial charge in [-0.1, -0.05) is 29.3 Å². The van der Waals surface area contributed by atoms with Crippen LogP contribution in [0.15, 0.2) is 35.9 Å². The summed E-state index contributed by atoms with van der Waals surface area (Å²) in [7, 11) is 1.60. The van der Waals surface area contributed by atoms with Gasteiger partial charge in [0.2, 0.25) is 0 Å². The van der Waals surface area contributed by atoms with Gasteiger partial charge in [0.05, 0.1) is 30.0 Å². The van der Waals surface area contributed by atoms with Crippen molar-refractivity contribution in [1.82, 2.24) is 0 Å². The molecule has 128 valence electrons. The second-order valence-electron chi connectivity index (χ2n) is 4.74. The lowest BCUT2D eigenvalue weighted by atomic mass is 10.1. The lowest BCUT2D eigenvalue weighted by Gasteiger charge is -2.09. The quantitative estimate of drug-likeness (QED) is 0.277. The van der Waals surface area contributed by atoms with E-state index >= 15 is 0 Å². The summed E-state index contributed by atoms with van der Waals surface area (Å²) >= 11 is 16.3. The van der Waals surface area contributed by atoms with Crippen LogP contribution in [0.2, 0.25) is 10.0 Å². The zero-order valence-electron chi connectivity index (χ0n) is 12.7. The number of anilines is 1. The van der Waals surface area contributed by atoms with Crippen LogP contribution in [0.25, 0.3) is 6.08 Å². The Kier molecular flexibility index (Phi) is 7.37. The van der Waals surface area contributed by atoms with Gasteiger partial charge in [0.15, 0.2) is 0 Å². The molecule has 1 amide bonds. The fourth-order valence-electron chi connectivity index (χ4n) is 1.96. The van der Waals surface area contributed by atoms with Gasteiger partial charge in [-0.2, -0.15) is 5.26 Å². The molecule has 0 saturated heterocycles. The van der Waals surface area contributed by atoms with E-state index in [2.05, 4.69) is 50.5 Å². The zero-order valence-corrected chi connectivity index (χ0v) is 18.6. The fraction of sp³-hybridized carbons (Fsp3) is 0.0588. The molecule has 0 heterocycles. The Morgan fingerprint density at radius 2 is 1.92 bits per heavy atom. The van der Waals surface area contributed by atoms with E-state index in [1.54, 1.807) is 25.3 Å². The number of nitrogens with one attached hydrogen (secondary N) is 1. The van der Waals surface area contributed by atoms with Gasteiger partial charge in [0, 0.05) is 0 Å². The van der Waals surface area contributed by atoms with Gasteiger partial charge >= 0.3 is 0 Å². The van der Waals surface area contributed by atoms with E-state index in [4.69, 9.17) is 27.9 Å². The molecule has 2 rings (SSSR count). The molecule has 0 spiro atoms. The van der Waals surface area contributed by atoms with Crippen molar-refractivity contribution in [3.8, 4) is 11.8 Å². The van der Waals surface area contributed by atoms with Crippen LogP contribution in [0.3, 0.4) is 0 Å². The summed E-state index contributed by atoms with van der Waals surface area (Å²) in [6, 6.07) is 10.5. The molecule has 0 unspecified atom stereocenters. The van der Waals surface area contributed by atoms with Gasteiger partial charge in [-0.3, -0.25) is 4.79 Å². The summed E-state index contributed by atoms with van der Waals surface area (Å²) < 4.78 is 7.07. The van der Waals surface area contributed by atoms with Gasteiger partial charge in [-0.05, 0) is 81.1 Å². The molecule has 2 aromatic carbocycles. The summed E-state index contributed by atoms with van der Waals surface area (Å²) in [5, 5.41) is 12.5. The molecular formula is C17H10Cl2I2N2O2. The van der Waals surface area contributed by atoms with E-state index in [0.29, 0.717) is 10.7 Å². The van der Waals surface area contributed by atoms with Crippen LogP contribution in [0.5, 0.6) is 5.75 Å². The average molecular weight is 599 g/mol. The van der Waals surface area contributed by atoms with E-state index in [1.165, 1.54) is 6.08 Å². The highest BCUT2D eigenvalue weighted by molar-refractivity contribution is 14.1. The van der Waals surface area contributed by atoms with E-state index in [1.807, 2.05) is 18.2 Å². The molecule has 1 N–H and O–H groups in total. The Morgan fingerprint density at radius 3 is 2.48 bits per heavy atom. The van der Waals surface area contributed by atoms with E-state index < -0.39 is 5.91 Å². The van der Waals surface area contributed by atoms with Crippen molar-refractivity contribution in [2.45, 2.75) is 0 Å². The maximum absolute atomic E-state index is 12.4. The monoisotopic (exact) mass is 598 g/mol. The highest BCUT2D eigenvalue weighted by Gasteiger charge is 2.14. The number of methoxy groups -OCH3 is 1. The molecule has 0 bridgehead atoms. The Bertz CT molecular complexity index is 885. The molecule has 4 nitrogen and oxygen atoms in total. The van der Waals surface area contributed by atoms with Crippen LogP contribution in [-0.4, -0.2) is 13.0 Å². The van der Waals surface area contributed by atoms with Gasteiger partial charge < -0.3 is 10.1 Å². The molecule has 0 radical (unpaired) electrons. The summed E-state index contributed by atoms with van der Waals surface area (Å²) in [6.45, 7) is 0. The largest absolute Gasteiger partial charge is 0.495 e. The topological polar surface area (TPSA) is 62.1 Å². The van der Waals surface area contributed by atoms with Crippen LogP contribution in [0.4, 0.5) is 5.69 Å². The van der Waals surface area contributed by atoms with Crippen molar-refractivity contribution in [2.75, 3.05) is 12.4 Å². The molecule has 8 heteroatoms. The predicted octanol–water partition coefficient (Wildman–Crippen LogP) is 5.76. The molecule has 0 aliphatic carbocycles. The number of nitriles is 1. The lowest BCUT2D eigenvalue weighted by Crippen LogP contribution is -2.13. The van der Waals surface area contributed by atoms with Gasteiger partial charge in [-0.25, -0.2) is 0 Å². The number of ether oxygens (including phenoxy) is 1. The maximum Gasteiger partial charge on any atom is 0.266 e. The Labute approximate surface area is 182 Å². The second-order valence-corrected chi connectivity index (χ2v) is 7.85. The molecule has 0 aliphatic heterocycles. The molecule has 2 aromatic rings. The lowest BCUT2D eigenvalue weighted by molar-refractivity contribution is -0.112. The predicted molar refractivity (Wildman–Crippen MR) is 117 cm³/mol. The van der Waals surface area contributed by atoms with Crippen molar-refractivity contribution < 1.29 is 9.53 Å². The van der Waals surface area contributed by atoms with E-state index in [9.17, 15) is 10.1 Å². The smallest absolute Gasteiger partial charge is 0.266 e. The molecular weight excluding hydrogens is 589 g/mol. The number of benzene rings is 2. The number of halogens is 4. The molecule has 0 saturated carbocycles. The number of carbonyl (C=O) groups excluding carboxylic acids is 1. The minimum atomic E-state index is -0.562. The second kappa shape index (κ2) is 9.07. The number of hydrogen-bond acceptors (Lipinski definition) is 3. The third kappa shape index (κ3) is 5.00. The van der Waals surface area contributed by atoms with Gasteiger partial charge in [-0.15, -0.1) is 0 Å². The first-order chi connectivity index (χ1) is 11.9. The standard InChI is InChI=1S/C17H10Cl2I2N2O2/c1-25-16-12(20)6-9(7-13(16)21)5-10(8-22)17(24)23-14-4-2-3-11(18)15(14)19/h2-7H,1H3,(H,23,24)/b10-5-. The third-order valence-electron chi connectivity index (χ3n) is 3.10.